The first kappa shape index (κ1) is 32.8. The zero-order valence-corrected chi connectivity index (χ0v) is 23.9. The summed E-state index contributed by atoms with van der Waals surface area (Å²) in [6.45, 7) is 1.75. The molecule has 43 heavy (non-hydrogen) atoms. The maximum atomic E-state index is 13.8. The molecule has 0 aliphatic carbocycles. The van der Waals surface area contributed by atoms with Crippen LogP contribution in [-0.2, 0) is 30.4 Å². The van der Waals surface area contributed by atoms with Crippen LogP contribution in [-0.4, -0.2) is 92.2 Å². The van der Waals surface area contributed by atoms with E-state index < -0.39 is 48.4 Å². The van der Waals surface area contributed by atoms with Crippen LogP contribution in [0.15, 0.2) is 36.4 Å². The number of fused-ring (bicyclic) bond motifs is 5. The summed E-state index contributed by atoms with van der Waals surface area (Å²) in [5.74, 6) is -2.63. The summed E-state index contributed by atoms with van der Waals surface area (Å²) < 4.78 is 11.8. The van der Waals surface area contributed by atoms with E-state index in [1.807, 2.05) is 0 Å². The number of hydrazine groups is 1. The molecule has 3 rings (SSSR count). The van der Waals surface area contributed by atoms with Crippen LogP contribution in [0, 0.1) is 0 Å². The van der Waals surface area contributed by atoms with Gasteiger partial charge in [-0.3, -0.25) is 24.2 Å². The standard InChI is InChI=1S/C28H37N7O8/c1-16-26(38)34-21(28(40)41)12-17-3-5-22(42-9-7-29)19(11-17)20-13-18(4-6-23(20)43-10-8-30)25(27(39)33-16)35(31-2)24(37)14-32-15-36/h3-6,11,13,15-16,21,25,31H,7-10,12,14,29-30H2,1-2H3,(H,32,36)(H,33,39)(H,34,38)(H,40,41)/t16-,21?,25?/m0/s1. The molecule has 15 nitrogen and oxygen atoms in total. The van der Waals surface area contributed by atoms with Gasteiger partial charge < -0.3 is 42.0 Å². The van der Waals surface area contributed by atoms with Crippen molar-refractivity contribution in [1.29, 1.82) is 0 Å². The van der Waals surface area contributed by atoms with Gasteiger partial charge in [-0.05, 0) is 42.3 Å². The summed E-state index contributed by atoms with van der Waals surface area (Å²) in [6, 6.07) is 6.06. The van der Waals surface area contributed by atoms with Gasteiger partial charge in [-0.25, -0.2) is 10.2 Å². The van der Waals surface area contributed by atoms with Gasteiger partial charge in [0.15, 0.2) is 6.04 Å². The van der Waals surface area contributed by atoms with Crippen LogP contribution in [0.4, 0.5) is 0 Å². The molecule has 0 saturated carbocycles. The summed E-state index contributed by atoms with van der Waals surface area (Å²) in [5.41, 5.74) is 15.9. The minimum atomic E-state index is -1.35. The van der Waals surface area contributed by atoms with E-state index in [9.17, 15) is 29.1 Å². The first-order chi connectivity index (χ1) is 20.6. The van der Waals surface area contributed by atoms with Gasteiger partial charge in [0.1, 0.15) is 36.8 Å². The number of carboxylic acid groups (broad SMARTS) is 1. The highest BCUT2D eigenvalue weighted by atomic mass is 16.5. The molecule has 1 heterocycles. The number of nitrogens with one attached hydrogen (secondary N) is 4. The molecular formula is C28H37N7O8. The number of carbonyl (C=O) groups excluding carboxylic acids is 4. The van der Waals surface area contributed by atoms with Crippen molar-refractivity contribution in [3.05, 3.63) is 47.5 Å². The van der Waals surface area contributed by atoms with E-state index in [0.29, 0.717) is 40.2 Å². The predicted molar refractivity (Wildman–Crippen MR) is 155 cm³/mol. The minimum absolute atomic E-state index is 0.0705. The molecular weight excluding hydrogens is 562 g/mol. The number of carbonyl (C=O) groups is 5. The summed E-state index contributed by atoms with van der Waals surface area (Å²) >= 11 is 0. The van der Waals surface area contributed by atoms with Crippen molar-refractivity contribution in [2.24, 2.45) is 11.5 Å². The predicted octanol–water partition coefficient (Wildman–Crippen LogP) is -1.59. The van der Waals surface area contributed by atoms with Crippen molar-refractivity contribution in [2.75, 3.05) is 39.9 Å². The molecule has 4 bridgehead atoms. The fraction of sp³-hybridized carbons (Fsp3) is 0.393. The fourth-order valence-electron chi connectivity index (χ4n) is 4.55. The third kappa shape index (κ3) is 8.18. The molecule has 0 fully saturated rings. The Bertz CT molecular complexity index is 1340. The van der Waals surface area contributed by atoms with Crippen LogP contribution in [0.3, 0.4) is 0 Å². The zero-order valence-electron chi connectivity index (χ0n) is 23.9. The third-order valence-electron chi connectivity index (χ3n) is 6.56. The number of nitrogens with zero attached hydrogens (tertiary/aromatic N) is 1. The largest absolute Gasteiger partial charge is 0.492 e. The number of rotatable bonds is 12. The number of benzene rings is 2. The minimum Gasteiger partial charge on any atom is -0.492 e. The van der Waals surface area contributed by atoms with Crippen molar-refractivity contribution in [2.45, 2.75) is 31.5 Å². The van der Waals surface area contributed by atoms with Gasteiger partial charge >= 0.3 is 5.97 Å². The lowest BCUT2D eigenvalue weighted by Gasteiger charge is -2.32. The first-order valence-corrected chi connectivity index (χ1v) is 13.6. The lowest BCUT2D eigenvalue weighted by atomic mass is 9.94. The monoisotopic (exact) mass is 599 g/mol. The van der Waals surface area contributed by atoms with E-state index >= 15 is 0 Å². The fourth-order valence-corrected chi connectivity index (χ4v) is 4.55. The summed E-state index contributed by atoms with van der Waals surface area (Å²) in [5, 5.41) is 18.2. The number of amides is 4. The van der Waals surface area contributed by atoms with Crippen LogP contribution >= 0.6 is 0 Å². The Kier molecular flexibility index (Phi) is 11.8. The van der Waals surface area contributed by atoms with Crippen LogP contribution in [0.2, 0.25) is 0 Å². The maximum Gasteiger partial charge on any atom is 0.326 e. The molecule has 1 aliphatic heterocycles. The second-order valence-electron chi connectivity index (χ2n) is 9.58. The Balaban J connectivity index is 2.32. The average Bonchev–Trinajstić information content (AvgIpc) is 2.99. The van der Waals surface area contributed by atoms with Gasteiger partial charge in [-0.2, -0.15) is 0 Å². The Morgan fingerprint density at radius 3 is 2.23 bits per heavy atom. The van der Waals surface area contributed by atoms with Crippen LogP contribution < -0.4 is 42.3 Å². The Morgan fingerprint density at radius 1 is 1.02 bits per heavy atom. The molecule has 2 aromatic rings. The van der Waals surface area contributed by atoms with E-state index in [-0.39, 0.29) is 32.7 Å². The molecule has 2 unspecified atom stereocenters. The van der Waals surface area contributed by atoms with E-state index in [1.54, 1.807) is 36.4 Å². The van der Waals surface area contributed by atoms with Gasteiger partial charge in [-0.15, -0.1) is 0 Å². The Labute approximate surface area is 248 Å². The molecule has 232 valence electrons. The molecule has 3 atom stereocenters. The average molecular weight is 600 g/mol. The van der Waals surface area contributed by atoms with Crippen LogP contribution in [0.5, 0.6) is 11.5 Å². The van der Waals surface area contributed by atoms with Crippen molar-refractivity contribution >= 4 is 30.1 Å². The normalized spacial score (nSPS) is 18.4. The highest BCUT2D eigenvalue weighted by molar-refractivity contribution is 5.94. The zero-order chi connectivity index (χ0) is 31.5. The first-order valence-electron chi connectivity index (χ1n) is 13.6. The molecule has 0 radical (unpaired) electrons. The second kappa shape index (κ2) is 15.5. The van der Waals surface area contributed by atoms with Gasteiger partial charge in [0, 0.05) is 37.7 Å². The molecule has 0 saturated heterocycles. The maximum absolute atomic E-state index is 13.8. The molecule has 9 N–H and O–H groups in total. The molecule has 15 heteroatoms. The van der Waals surface area contributed by atoms with Gasteiger partial charge in [0.05, 0.1) is 6.54 Å². The van der Waals surface area contributed by atoms with Crippen molar-refractivity contribution in [3.8, 4) is 22.6 Å². The lowest BCUT2D eigenvalue weighted by molar-refractivity contribution is -0.145. The van der Waals surface area contributed by atoms with Gasteiger partial charge in [-0.1, -0.05) is 12.1 Å². The van der Waals surface area contributed by atoms with Crippen LogP contribution in [0.25, 0.3) is 11.1 Å². The van der Waals surface area contributed by atoms with E-state index in [4.69, 9.17) is 20.9 Å². The van der Waals surface area contributed by atoms with Crippen molar-refractivity contribution in [1.82, 2.24) is 26.4 Å². The third-order valence-corrected chi connectivity index (χ3v) is 6.56. The van der Waals surface area contributed by atoms with Gasteiger partial charge in [0.2, 0.25) is 18.2 Å². The van der Waals surface area contributed by atoms with Crippen LogP contribution in [0.1, 0.15) is 24.1 Å². The van der Waals surface area contributed by atoms with Crippen molar-refractivity contribution in [3.63, 3.8) is 0 Å². The van der Waals surface area contributed by atoms with Crippen molar-refractivity contribution < 1.29 is 38.6 Å². The topological polar surface area (TPSA) is 227 Å². The SMILES string of the molecule is CNN(C(=O)CNC=O)C1C(=O)N[C@@H](C)C(=O)NC(C(=O)O)Cc2ccc(OCCN)c(c2)-c2cc1ccc2OCCN. The lowest BCUT2D eigenvalue weighted by Crippen LogP contribution is -2.55. The number of hydrogen-bond acceptors (Lipinski definition) is 10. The highest BCUT2D eigenvalue weighted by Crippen LogP contribution is 2.40. The molecule has 2 aromatic carbocycles. The number of hydrogen-bond donors (Lipinski definition) is 7. The molecule has 4 amide bonds. The number of carboxylic acids is 1. The molecule has 1 aliphatic rings. The molecule has 0 aromatic heterocycles. The summed E-state index contributed by atoms with van der Waals surface area (Å²) in [4.78, 5) is 62.8. The highest BCUT2D eigenvalue weighted by Gasteiger charge is 2.34. The van der Waals surface area contributed by atoms with E-state index in [0.717, 1.165) is 5.01 Å². The van der Waals surface area contributed by atoms with E-state index in [2.05, 4.69) is 21.4 Å². The Morgan fingerprint density at radius 2 is 1.65 bits per heavy atom. The smallest absolute Gasteiger partial charge is 0.326 e. The number of nitrogens with two attached hydrogens (primary N) is 2. The Hall–Kier alpha value is -4.73. The summed E-state index contributed by atoms with van der Waals surface area (Å²) in [6.07, 6.45) is 0.279. The van der Waals surface area contributed by atoms with E-state index in [1.165, 1.54) is 14.0 Å². The molecule has 0 spiro atoms. The number of ether oxygens (including phenoxy) is 2. The quantitative estimate of drug-likeness (QED) is 0.109. The summed E-state index contributed by atoms with van der Waals surface area (Å²) in [7, 11) is 1.42. The second-order valence-corrected chi connectivity index (χ2v) is 9.58. The number of aliphatic carboxylic acids is 1. The van der Waals surface area contributed by atoms with Gasteiger partial charge in [0.25, 0.3) is 5.91 Å².